The standard InChI is InChI=1S/C13H11N3.2ClH/c1-2-4-13-12(3-1)10(5-6-15-13)7-11-8-14-9-16-11;;/h1-6,8-9H,7H2,(H,14,16);2*1H. The van der Waals surface area contributed by atoms with Crippen LogP contribution in [-0.4, -0.2) is 15.0 Å². The third-order valence-electron chi connectivity index (χ3n) is 2.67. The monoisotopic (exact) mass is 281 g/mol. The Hall–Kier alpha value is -1.58. The molecular formula is C13H13Cl2N3. The largest absolute Gasteiger partial charge is 0.351 e. The molecule has 0 bridgehead atoms. The molecule has 2 aromatic heterocycles. The van der Waals surface area contributed by atoms with E-state index in [9.17, 15) is 0 Å². The Balaban J connectivity index is 0.000000810. The van der Waals surface area contributed by atoms with Gasteiger partial charge in [-0.05, 0) is 17.7 Å². The van der Waals surface area contributed by atoms with Crippen molar-refractivity contribution in [2.75, 3.05) is 0 Å². The second-order valence-corrected chi connectivity index (χ2v) is 3.72. The number of hydrogen-bond donors (Lipinski definition) is 1. The SMILES string of the molecule is Cl.Cl.c1ccc2c(Cc3c[nH]cn3)ccnc2c1. The molecule has 3 rings (SSSR count). The number of benzene rings is 1. The van der Waals surface area contributed by atoms with Crippen molar-refractivity contribution < 1.29 is 0 Å². The molecule has 94 valence electrons. The van der Waals surface area contributed by atoms with Gasteiger partial charge in [0.2, 0.25) is 0 Å². The first-order chi connectivity index (χ1) is 7.93. The number of imidazole rings is 1. The third-order valence-corrected chi connectivity index (χ3v) is 2.67. The summed E-state index contributed by atoms with van der Waals surface area (Å²) in [7, 11) is 0. The van der Waals surface area contributed by atoms with Gasteiger partial charge in [-0.15, -0.1) is 24.8 Å². The van der Waals surface area contributed by atoms with Gasteiger partial charge >= 0.3 is 0 Å². The molecule has 1 aromatic carbocycles. The van der Waals surface area contributed by atoms with Crippen LogP contribution in [0, 0.1) is 0 Å². The van der Waals surface area contributed by atoms with Gasteiger partial charge in [0.1, 0.15) is 0 Å². The van der Waals surface area contributed by atoms with Crippen molar-refractivity contribution in [3.8, 4) is 0 Å². The molecule has 1 N–H and O–H groups in total. The first-order valence-electron chi connectivity index (χ1n) is 5.24. The molecule has 3 nitrogen and oxygen atoms in total. The Bertz CT molecular complexity index is 603. The minimum atomic E-state index is 0. The average Bonchev–Trinajstić information content (AvgIpc) is 2.82. The molecule has 0 atom stereocenters. The van der Waals surface area contributed by atoms with Crippen molar-refractivity contribution in [3.05, 3.63) is 60.3 Å². The smallest absolute Gasteiger partial charge is 0.0923 e. The summed E-state index contributed by atoms with van der Waals surface area (Å²) >= 11 is 0. The van der Waals surface area contributed by atoms with Gasteiger partial charge in [0, 0.05) is 24.2 Å². The third kappa shape index (κ3) is 2.81. The minimum Gasteiger partial charge on any atom is -0.351 e. The van der Waals surface area contributed by atoms with Gasteiger partial charge in [-0.3, -0.25) is 4.98 Å². The summed E-state index contributed by atoms with van der Waals surface area (Å²) in [6.07, 6.45) is 6.32. The molecule has 0 aliphatic carbocycles. The zero-order valence-electron chi connectivity index (χ0n) is 9.54. The second-order valence-electron chi connectivity index (χ2n) is 3.72. The summed E-state index contributed by atoms with van der Waals surface area (Å²) in [5, 5.41) is 1.20. The minimum absolute atomic E-state index is 0. The number of hydrogen-bond acceptors (Lipinski definition) is 2. The fraction of sp³-hybridized carbons (Fsp3) is 0.0769. The highest BCUT2D eigenvalue weighted by atomic mass is 35.5. The molecule has 0 aliphatic heterocycles. The molecule has 0 spiro atoms. The highest BCUT2D eigenvalue weighted by Crippen LogP contribution is 2.18. The molecular weight excluding hydrogens is 269 g/mol. The van der Waals surface area contributed by atoms with E-state index in [0.717, 1.165) is 17.6 Å². The number of pyridine rings is 1. The normalized spacial score (nSPS) is 9.56. The predicted molar refractivity (Wildman–Crippen MR) is 77.6 cm³/mol. The van der Waals surface area contributed by atoms with Crippen LogP contribution in [0.3, 0.4) is 0 Å². The number of para-hydroxylation sites is 1. The van der Waals surface area contributed by atoms with E-state index >= 15 is 0 Å². The summed E-state index contributed by atoms with van der Waals surface area (Å²) in [5.74, 6) is 0. The molecule has 0 saturated heterocycles. The van der Waals surface area contributed by atoms with Crippen LogP contribution >= 0.6 is 24.8 Å². The lowest BCUT2D eigenvalue weighted by Crippen LogP contribution is -1.91. The quantitative estimate of drug-likeness (QED) is 0.782. The van der Waals surface area contributed by atoms with E-state index in [1.165, 1.54) is 10.9 Å². The summed E-state index contributed by atoms with van der Waals surface area (Å²) in [4.78, 5) is 11.6. The lowest BCUT2D eigenvalue weighted by molar-refractivity contribution is 1.11. The van der Waals surface area contributed by atoms with Crippen LogP contribution in [0.15, 0.2) is 49.1 Å². The predicted octanol–water partition coefficient (Wildman–Crippen LogP) is 3.39. The summed E-state index contributed by atoms with van der Waals surface area (Å²) < 4.78 is 0. The molecule has 18 heavy (non-hydrogen) atoms. The lowest BCUT2D eigenvalue weighted by atomic mass is 10.1. The van der Waals surface area contributed by atoms with E-state index in [4.69, 9.17) is 0 Å². The van der Waals surface area contributed by atoms with Crippen LogP contribution in [0.4, 0.5) is 0 Å². The van der Waals surface area contributed by atoms with Crippen LogP contribution in [0.1, 0.15) is 11.3 Å². The zero-order valence-corrected chi connectivity index (χ0v) is 11.2. The van der Waals surface area contributed by atoms with E-state index in [1.807, 2.05) is 30.6 Å². The van der Waals surface area contributed by atoms with Gasteiger partial charge < -0.3 is 4.98 Å². The van der Waals surface area contributed by atoms with Crippen LogP contribution in [-0.2, 0) is 6.42 Å². The first-order valence-corrected chi connectivity index (χ1v) is 5.24. The van der Waals surface area contributed by atoms with E-state index < -0.39 is 0 Å². The van der Waals surface area contributed by atoms with Crippen molar-refractivity contribution >= 4 is 35.7 Å². The number of nitrogens with zero attached hydrogens (tertiary/aromatic N) is 2. The lowest BCUT2D eigenvalue weighted by Gasteiger charge is -2.03. The van der Waals surface area contributed by atoms with Crippen molar-refractivity contribution in [1.29, 1.82) is 0 Å². The van der Waals surface area contributed by atoms with Crippen LogP contribution < -0.4 is 0 Å². The Morgan fingerprint density at radius 1 is 1.00 bits per heavy atom. The number of aromatic nitrogens is 3. The maximum Gasteiger partial charge on any atom is 0.0923 e. The Morgan fingerprint density at radius 3 is 2.61 bits per heavy atom. The van der Waals surface area contributed by atoms with Crippen LogP contribution in [0.25, 0.3) is 10.9 Å². The van der Waals surface area contributed by atoms with Gasteiger partial charge in [0.25, 0.3) is 0 Å². The average molecular weight is 282 g/mol. The summed E-state index contributed by atoms with van der Waals surface area (Å²) in [6, 6.07) is 10.2. The first kappa shape index (κ1) is 14.5. The van der Waals surface area contributed by atoms with E-state index in [2.05, 4.69) is 27.1 Å². The highest BCUT2D eigenvalue weighted by molar-refractivity contribution is 5.85. The van der Waals surface area contributed by atoms with Gasteiger partial charge in [0.05, 0.1) is 17.5 Å². The highest BCUT2D eigenvalue weighted by Gasteiger charge is 2.03. The molecule has 0 saturated carbocycles. The van der Waals surface area contributed by atoms with Gasteiger partial charge in [-0.1, -0.05) is 18.2 Å². The number of fused-ring (bicyclic) bond motifs is 1. The Morgan fingerprint density at radius 2 is 1.83 bits per heavy atom. The van der Waals surface area contributed by atoms with Crippen molar-refractivity contribution in [1.82, 2.24) is 15.0 Å². The van der Waals surface area contributed by atoms with Crippen LogP contribution in [0.2, 0.25) is 0 Å². The molecule has 0 amide bonds. The summed E-state index contributed by atoms with van der Waals surface area (Å²) in [5.41, 5.74) is 3.35. The van der Waals surface area contributed by atoms with Crippen molar-refractivity contribution in [2.24, 2.45) is 0 Å². The fourth-order valence-electron chi connectivity index (χ4n) is 1.89. The van der Waals surface area contributed by atoms with Crippen LogP contribution in [0.5, 0.6) is 0 Å². The van der Waals surface area contributed by atoms with Gasteiger partial charge in [-0.2, -0.15) is 0 Å². The second kappa shape index (κ2) is 6.38. The van der Waals surface area contributed by atoms with E-state index in [1.54, 1.807) is 6.33 Å². The number of halogens is 2. The molecule has 0 unspecified atom stereocenters. The van der Waals surface area contributed by atoms with E-state index in [0.29, 0.717) is 0 Å². The number of aromatic amines is 1. The molecule has 2 heterocycles. The molecule has 0 aliphatic rings. The Kier molecular flexibility index (Phi) is 5.13. The van der Waals surface area contributed by atoms with Gasteiger partial charge in [0.15, 0.2) is 0 Å². The maximum absolute atomic E-state index is 4.34. The molecule has 0 radical (unpaired) electrons. The number of nitrogens with one attached hydrogen (secondary N) is 1. The molecule has 0 fully saturated rings. The van der Waals surface area contributed by atoms with E-state index in [-0.39, 0.29) is 24.8 Å². The maximum atomic E-state index is 4.34. The number of H-pyrrole nitrogens is 1. The molecule has 3 aromatic rings. The zero-order chi connectivity index (χ0) is 10.8. The van der Waals surface area contributed by atoms with Crippen molar-refractivity contribution in [3.63, 3.8) is 0 Å². The van der Waals surface area contributed by atoms with Gasteiger partial charge in [-0.25, -0.2) is 4.98 Å². The Labute approximate surface area is 117 Å². The summed E-state index contributed by atoms with van der Waals surface area (Å²) in [6.45, 7) is 0. The fourth-order valence-corrected chi connectivity index (χ4v) is 1.89. The number of rotatable bonds is 2. The molecule has 5 heteroatoms. The van der Waals surface area contributed by atoms with Crippen molar-refractivity contribution in [2.45, 2.75) is 6.42 Å². The topological polar surface area (TPSA) is 41.6 Å².